The number of imidazole rings is 1. The fourth-order valence-corrected chi connectivity index (χ4v) is 1.79. The fourth-order valence-electron chi connectivity index (χ4n) is 1.79. The van der Waals surface area contributed by atoms with Crippen LogP contribution in [0.15, 0.2) is 10.9 Å². The number of ether oxygens (including phenoxy) is 1. The Balaban J connectivity index is 2.23. The zero-order chi connectivity index (χ0) is 13.8. The molecule has 0 saturated heterocycles. The molecule has 0 aliphatic rings. The molecule has 2 N–H and O–H groups in total. The molecule has 0 unspecified atom stereocenters. The summed E-state index contributed by atoms with van der Waals surface area (Å²) in [6, 6.07) is 0. The average molecular weight is 265 g/mol. The highest BCUT2D eigenvalue weighted by molar-refractivity contribution is 5.92. The van der Waals surface area contributed by atoms with E-state index in [0.717, 1.165) is 5.82 Å². The van der Waals surface area contributed by atoms with Crippen LogP contribution < -0.4 is 5.73 Å². The number of anilines is 1. The van der Waals surface area contributed by atoms with Crippen LogP contribution in [0.25, 0.3) is 0 Å². The van der Waals surface area contributed by atoms with Crippen molar-refractivity contribution >= 4 is 11.8 Å². The quantitative estimate of drug-likeness (QED) is 0.781. The standard InChI is InChI=1S/C11H15N5O3/c1-3-8-14-9(11(17)18-2)10(12)16(8)5-4-7-13-6-19-15-7/h6H,3-5,12H2,1-2H3. The van der Waals surface area contributed by atoms with Crippen molar-refractivity contribution < 1.29 is 14.1 Å². The van der Waals surface area contributed by atoms with E-state index in [-0.39, 0.29) is 5.69 Å². The Kier molecular flexibility index (Phi) is 3.79. The number of nitrogens with zero attached hydrogens (tertiary/aromatic N) is 4. The lowest BCUT2D eigenvalue weighted by Crippen LogP contribution is -2.11. The number of nitrogen functional groups attached to an aromatic ring is 1. The van der Waals surface area contributed by atoms with Crippen molar-refractivity contribution in [2.75, 3.05) is 12.8 Å². The Morgan fingerprint density at radius 3 is 2.95 bits per heavy atom. The van der Waals surface area contributed by atoms with E-state index in [1.165, 1.54) is 13.5 Å². The Morgan fingerprint density at radius 2 is 2.37 bits per heavy atom. The summed E-state index contributed by atoms with van der Waals surface area (Å²) in [6.07, 6.45) is 2.48. The third-order valence-electron chi connectivity index (χ3n) is 2.75. The summed E-state index contributed by atoms with van der Waals surface area (Å²) < 4.78 is 11.1. The lowest BCUT2D eigenvalue weighted by Gasteiger charge is -2.06. The van der Waals surface area contributed by atoms with E-state index in [1.54, 1.807) is 4.57 Å². The monoisotopic (exact) mass is 265 g/mol. The number of methoxy groups -OCH3 is 1. The van der Waals surface area contributed by atoms with Gasteiger partial charge in [-0.3, -0.25) is 0 Å². The molecule has 8 heteroatoms. The van der Waals surface area contributed by atoms with Gasteiger partial charge in [0, 0.05) is 19.4 Å². The second-order valence-corrected chi connectivity index (χ2v) is 3.86. The lowest BCUT2D eigenvalue weighted by molar-refractivity contribution is 0.0595. The minimum absolute atomic E-state index is 0.146. The van der Waals surface area contributed by atoms with Crippen LogP contribution >= 0.6 is 0 Å². The SMILES string of the molecule is CCc1nc(C(=O)OC)c(N)n1CCc1ncon1. The molecule has 0 aromatic carbocycles. The van der Waals surface area contributed by atoms with Crippen molar-refractivity contribution in [3.8, 4) is 0 Å². The zero-order valence-electron chi connectivity index (χ0n) is 10.8. The smallest absolute Gasteiger partial charge is 0.360 e. The molecule has 2 heterocycles. The number of hydrogen-bond donors (Lipinski definition) is 1. The number of hydrogen-bond acceptors (Lipinski definition) is 7. The molecule has 8 nitrogen and oxygen atoms in total. The Hall–Kier alpha value is -2.38. The molecule has 0 amide bonds. The van der Waals surface area contributed by atoms with Crippen molar-refractivity contribution in [1.29, 1.82) is 0 Å². The van der Waals surface area contributed by atoms with Gasteiger partial charge in [0.15, 0.2) is 11.5 Å². The first-order valence-corrected chi connectivity index (χ1v) is 5.85. The molecule has 0 fully saturated rings. The normalized spacial score (nSPS) is 10.6. The number of nitrogens with two attached hydrogens (primary N) is 1. The minimum Gasteiger partial charge on any atom is -0.464 e. The Labute approximate surface area is 109 Å². The first-order chi connectivity index (χ1) is 9.17. The van der Waals surface area contributed by atoms with Gasteiger partial charge in [-0.25, -0.2) is 9.78 Å². The van der Waals surface area contributed by atoms with Crippen molar-refractivity contribution in [3.05, 3.63) is 23.7 Å². The van der Waals surface area contributed by atoms with Crippen molar-refractivity contribution in [1.82, 2.24) is 19.7 Å². The zero-order valence-corrected chi connectivity index (χ0v) is 10.8. The number of rotatable bonds is 5. The van der Waals surface area contributed by atoms with E-state index in [0.29, 0.717) is 31.0 Å². The molecule has 102 valence electrons. The van der Waals surface area contributed by atoms with E-state index in [1.807, 2.05) is 6.92 Å². The molecule has 0 atom stereocenters. The van der Waals surface area contributed by atoms with Gasteiger partial charge in [0.25, 0.3) is 0 Å². The molecule has 2 rings (SSSR count). The fraction of sp³-hybridized carbons (Fsp3) is 0.455. The number of esters is 1. The number of carbonyl (C=O) groups excluding carboxylic acids is 1. The molecule has 0 aliphatic heterocycles. The van der Waals surface area contributed by atoms with Crippen LogP contribution in [-0.4, -0.2) is 32.8 Å². The molecule has 0 radical (unpaired) electrons. The van der Waals surface area contributed by atoms with Crippen molar-refractivity contribution in [3.63, 3.8) is 0 Å². The van der Waals surface area contributed by atoms with E-state index in [2.05, 4.69) is 24.4 Å². The predicted octanol–water partition coefficient (Wildman–Crippen LogP) is 0.440. The molecule has 0 bridgehead atoms. The van der Waals surface area contributed by atoms with Crippen LogP contribution in [0.1, 0.15) is 29.1 Å². The van der Waals surface area contributed by atoms with E-state index in [9.17, 15) is 4.79 Å². The second-order valence-electron chi connectivity index (χ2n) is 3.86. The molecular formula is C11H15N5O3. The summed E-state index contributed by atoms with van der Waals surface area (Å²) in [5, 5.41) is 3.72. The second kappa shape index (κ2) is 5.51. The molecule has 0 aliphatic carbocycles. The molecule has 2 aromatic rings. The summed E-state index contributed by atoms with van der Waals surface area (Å²) in [5.41, 5.74) is 6.08. The number of aryl methyl sites for hydroxylation is 2. The lowest BCUT2D eigenvalue weighted by atomic mass is 10.3. The highest BCUT2D eigenvalue weighted by atomic mass is 16.5. The van der Waals surface area contributed by atoms with Crippen molar-refractivity contribution in [2.24, 2.45) is 0 Å². The van der Waals surface area contributed by atoms with Gasteiger partial charge in [-0.2, -0.15) is 4.98 Å². The first-order valence-electron chi connectivity index (χ1n) is 5.85. The van der Waals surface area contributed by atoms with Gasteiger partial charge in [-0.15, -0.1) is 0 Å². The van der Waals surface area contributed by atoms with E-state index in [4.69, 9.17) is 5.73 Å². The van der Waals surface area contributed by atoms with Crippen molar-refractivity contribution in [2.45, 2.75) is 26.3 Å². The maximum atomic E-state index is 11.5. The van der Waals surface area contributed by atoms with Gasteiger partial charge < -0.3 is 19.6 Å². The van der Waals surface area contributed by atoms with Gasteiger partial charge in [0.2, 0.25) is 6.39 Å². The third kappa shape index (κ3) is 2.56. The molecule has 19 heavy (non-hydrogen) atoms. The Morgan fingerprint density at radius 1 is 1.58 bits per heavy atom. The van der Waals surface area contributed by atoms with Crippen LogP contribution in [0.4, 0.5) is 5.82 Å². The molecule has 0 spiro atoms. The van der Waals surface area contributed by atoms with Gasteiger partial charge >= 0.3 is 5.97 Å². The first kappa shape index (κ1) is 13.1. The average Bonchev–Trinajstić information content (AvgIpc) is 3.03. The van der Waals surface area contributed by atoms with Gasteiger partial charge in [0.1, 0.15) is 11.6 Å². The maximum Gasteiger partial charge on any atom is 0.360 e. The molecule has 2 aromatic heterocycles. The summed E-state index contributed by atoms with van der Waals surface area (Å²) in [5.74, 6) is 1.06. The van der Waals surface area contributed by atoms with Crippen LogP contribution in [0.5, 0.6) is 0 Å². The number of carbonyl (C=O) groups is 1. The Bertz CT molecular complexity index is 561. The molecule has 0 saturated carbocycles. The van der Waals surface area contributed by atoms with Gasteiger partial charge in [0.05, 0.1) is 7.11 Å². The highest BCUT2D eigenvalue weighted by Crippen LogP contribution is 2.16. The predicted molar refractivity (Wildman–Crippen MR) is 65.4 cm³/mol. The minimum atomic E-state index is -0.537. The summed E-state index contributed by atoms with van der Waals surface area (Å²) in [6.45, 7) is 2.46. The largest absolute Gasteiger partial charge is 0.464 e. The van der Waals surface area contributed by atoms with Crippen LogP contribution in [-0.2, 0) is 24.1 Å². The molecular weight excluding hydrogens is 250 g/mol. The van der Waals surface area contributed by atoms with Gasteiger partial charge in [-0.1, -0.05) is 12.1 Å². The topological polar surface area (TPSA) is 109 Å². The summed E-state index contributed by atoms with van der Waals surface area (Å²) in [7, 11) is 1.30. The third-order valence-corrected chi connectivity index (χ3v) is 2.75. The van der Waals surface area contributed by atoms with E-state index < -0.39 is 5.97 Å². The van der Waals surface area contributed by atoms with Gasteiger partial charge in [-0.05, 0) is 0 Å². The van der Waals surface area contributed by atoms with Crippen LogP contribution in [0, 0.1) is 0 Å². The number of aromatic nitrogens is 4. The maximum absolute atomic E-state index is 11.5. The summed E-state index contributed by atoms with van der Waals surface area (Å²) >= 11 is 0. The van der Waals surface area contributed by atoms with Crippen LogP contribution in [0.3, 0.4) is 0 Å². The van der Waals surface area contributed by atoms with E-state index >= 15 is 0 Å². The van der Waals surface area contributed by atoms with Crippen LogP contribution in [0.2, 0.25) is 0 Å². The highest BCUT2D eigenvalue weighted by Gasteiger charge is 2.20. The summed E-state index contributed by atoms with van der Waals surface area (Å²) in [4.78, 5) is 19.7.